The predicted molar refractivity (Wildman–Crippen MR) is 131 cm³/mol. The minimum Gasteiger partial charge on any atom is -0.459 e. The molecule has 15 heteroatoms. The van der Waals surface area contributed by atoms with Crippen molar-refractivity contribution in [1.82, 2.24) is 0 Å². The van der Waals surface area contributed by atoms with Gasteiger partial charge in [0, 0.05) is 24.0 Å². The average Bonchev–Trinajstić information content (AvgIpc) is 2.94. The quantitative estimate of drug-likeness (QED) is 0.190. The number of hydrogen-bond donors (Lipinski definition) is 3. The second kappa shape index (κ2) is 15.4. The molecule has 38 heavy (non-hydrogen) atoms. The minimum atomic E-state index is -0.944. The summed E-state index contributed by atoms with van der Waals surface area (Å²) in [7, 11) is 2.84. The third-order valence-electron chi connectivity index (χ3n) is 6.49. The number of azide groups is 2. The molecule has 0 spiro atoms. The van der Waals surface area contributed by atoms with Crippen LogP contribution in [0, 0.1) is 11.8 Å². The molecule has 0 radical (unpaired) electrons. The van der Waals surface area contributed by atoms with E-state index in [0.29, 0.717) is 5.56 Å². The highest BCUT2D eigenvalue weighted by atomic mass is 16.7. The van der Waals surface area contributed by atoms with Gasteiger partial charge in [-0.25, -0.2) is 4.79 Å². The predicted octanol–water partition coefficient (Wildman–Crippen LogP) is 1.92. The molecule has 15 nitrogen and oxygen atoms in total. The van der Waals surface area contributed by atoms with Crippen LogP contribution in [0.25, 0.3) is 20.9 Å². The van der Waals surface area contributed by atoms with E-state index in [9.17, 15) is 15.0 Å². The fourth-order valence-electron chi connectivity index (χ4n) is 4.18. The number of rotatable bonds is 8. The van der Waals surface area contributed by atoms with Crippen molar-refractivity contribution in [3.05, 3.63) is 56.8 Å². The van der Waals surface area contributed by atoms with Crippen LogP contribution in [0.2, 0.25) is 0 Å². The zero-order valence-corrected chi connectivity index (χ0v) is 21.5. The number of benzene rings is 1. The second-order valence-electron chi connectivity index (χ2n) is 8.79. The van der Waals surface area contributed by atoms with Gasteiger partial charge in [0.15, 0.2) is 12.6 Å². The molecule has 0 aromatic heterocycles. The topological polar surface area (TPSA) is 221 Å². The normalized spacial score (nSPS) is 34.5. The Morgan fingerprint density at radius 3 is 1.84 bits per heavy atom. The number of ether oxygens (including phenoxy) is 5. The first-order chi connectivity index (χ1) is 18.2. The molecule has 0 amide bonds. The fraction of sp³-hybridized carbons (Fsp3) is 0.696. The van der Waals surface area contributed by atoms with E-state index in [1.807, 2.05) is 0 Å². The molecular weight excluding hydrogens is 504 g/mol. The number of methoxy groups -OCH3 is 2. The van der Waals surface area contributed by atoms with Gasteiger partial charge in [-0.15, -0.1) is 0 Å². The molecule has 1 aromatic rings. The minimum absolute atomic E-state index is 0.123. The van der Waals surface area contributed by atoms with Gasteiger partial charge in [0.2, 0.25) is 0 Å². The monoisotopic (exact) mass is 538 g/mol. The van der Waals surface area contributed by atoms with E-state index in [2.05, 4.69) is 20.1 Å². The Balaban J connectivity index is 0.000000293. The largest absolute Gasteiger partial charge is 0.459 e. The van der Waals surface area contributed by atoms with Gasteiger partial charge >= 0.3 is 5.97 Å². The van der Waals surface area contributed by atoms with E-state index in [0.717, 1.165) is 0 Å². The summed E-state index contributed by atoms with van der Waals surface area (Å²) in [5, 5.41) is 36.1. The summed E-state index contributed by atoms with van der Waals surface area (Å²) in [4.78, 5) is 17.4. The molecule has 2 aliphatic heterocycles. The Hall–Kier alpha value is -2.97. The first-order valence-corrected chi connectivity index (χ1v) is 11.9. The number of carbonyl (C=O) groups is 1. The highest BCUT2D eigenvalue weighted by molar-refractivity contribution is 5.89. The van der Waals surface area contributed by atoms with Crippen molar-refractivity contribution >= 4 is 5.97 Å². The third kappa shape index (κ3) is 7.77. The van der Waals surface area contributed by atoms with Crippen LogP contribution in [-0.2, 0) is 23.7 Å². The number of aliphatic hydroxyl groups excluding tert-OH is 3. The Morgan fingerprint density at radius 1 is 0.921 bits per heavy atom. The van der Waals surface area contributed by atoms with Crippen LogP contribution >= 0.6 is 0 Å². The van der Waals surface area contributed by atoms with Crippen molar-refractivity contribution in [2.45, 2.75) is 62.9 Å². The fourth-order valence-corrected chi connectivity index (χ4v) is 4.18. The molecule has 3 N–H and O–H groups in total. The Morgan fingerprint density at radius 2 is 1.39 bits per heavy atom. The van der Waals surface area contributed by atoms with Crippen LogP contribution in [0.1, 0.15) is 24.2 Å². The molecule has 2 aliphatic rings. The smallest absolute Gasteiger partial charge is 0.338 e. The van der Waals surface area contributed by atoms with Crippen LogP contribution in [0.15, 0.2) is 40.6 Å². The van der Waals surface area contributed by atoms with E-state index in [-0.39, 0.29) is 19.1 Å². The van der Waals surface area contributed by atoms with Crippen LogP contribution in [0.4, 0.5) is 0 Å². The molecule has 2 fully saturated rings. The summed E-state index contributed by atoms with van der Waals surface area (Å²) in [6.45, 7) is 3.03. The van der Waals surface area contributed by atoms with Crippen molar-refractivity contribution in [2.75, 3.05) is 27.4 Å². The molecule has 4 unspecified atom stereocenters. The number of hydrogen-bond acceptors (Lipinski definition) is 11. The first-order valence-electron chi connectivity index (χ1n) is 11.9. The molecule has 3 rings (SSSR count). The Labute approximate surface area is 219 Å². The molecule has 0 bridgehead atoms. The van der Waals surface area contributed by atoms with Crippen molar-refractivity contribution in [3.8, 4) is 0 Å². The number of aliphatic hydroxyl groups is 3. The average molecular weight is 539 g/mol. The van der Waals surface area contributed by atoms with Crippen LogP contribution in [0.3, 0.4) is 0 Å². The van der Waals surface area contributed by atoms with Crippen molar-refractivity contribution in [3.63, 3.8) is 0 Å². The number of nitrogens with zero attached hydrogens (tertiary/aromatic N) is 6. The van der Waals surface area contributed by atoms with Gasteiger partial charge < -0.3 is 39.0 Å². The molecule has 1 aromatic carbocycles. The lowest BCUT2D eigenvalue weighted by Gasteiger charge is -2.40. The Bertz CT molecular complexity index is 971. The van der Waals surface area contributed by atoms with Gasteiger partial charge in [0.05, 0.1) is 36.5 Å². The summed E-state index contributed by atoms with van der Waals surface area (Å²) < 4.78 is 26.1. The Kier molecular flexibility index (Phi) is 12.7. The maximum atomic E-state index is 11.9. The third-order valence-corrected chi connectivity index (χ3v) is 6.49. The van der Waals surface area contributed by atoms with Crippen molar-refractivity contribution < 1.29 is 43.8 Å². The lowest BCUT2D eigenvalue weighted by atomic mass is 9.89. The van der Waals surface area contributed by atoms with Gasteiger partial charge in [-0.1, -0.05) is 42.3 Å². The van der Waals surface area contributed by atoms with Crippen LogP contribution in [-0.4, -0.2) is 97.8 Å². The molecule has 210 valence electrons. The highest BCUT2D eigenvalue weighted by Gasteiger charge is 2.44. The number of carbonyl (C=O) groups excluding carboxylic acids is 1. The second-order valence-corrected chi connectivity index (χ2v) is 8.79. The van der Waals surface area contributed by atoms with Gasteiger partial charge in [0.25, 0.3) is 0 Å². The lowest BCUT2D eigenvalue weighted by molar-refractivity contribution is -0.243. The zero-order valence-electron chi connectivity index (χ0n) is 21.5. The summed E-state index contributed by atoms with van der Waals surface area (Å²) in [5.41, 5.74) is 17.4. The van der Waals surface area contributed by atoms with Crippen molar-refractivity contribution in [2.24, 2.45) is 22.1 Å². The standard InChI is InChI=1S/C15H19N3O5.C8H15N3O4/c1-9-12(17-18-16)15(21-2)23-11(13(9)19)8-22-14(20)10-6-4-3-5-7-10;1-4-6(10-11-9)8(14-2)15-5(3-12)7(4)13/h3-7,9,11-13,15,19H,8H2,1-2H3;4-8,12-13H,3H2,1-2H3/t9-,11?,12?,13+,15+;4-,5?,6?,7+,8+/m11/s1. The molecular formula is C23H34N6O9. The summed E-state index contributed by atoms with van der Waals surface area (Å²) in [5.74, 6) is -1.22. The molecule has 10 atom stereocenters. The van der Waals surface area contributed by atoms with Gasteiger partial charge in [-0.05, 0) is 35.0 Å². The van der Waals surface area contributed by atoms with E-state index >= 15 is 0 Å². The maximum Gasteiger partial charge on any atom is 0.338 e. The van der Waals surface area contributed by atoms with Crippen LogP contribution in [0.5, 0.6) is 0 Å². The zero-order chi connectivity index (χ0) is 28.2. The molecule has 0 aliphatic carbocycles. The SMILES string of the molecule is CO[C@H]1OC(CO)[C@@H](O)[C@H](C)C1N=[N+]=[N-].CO[C@H]1OC(COC(=O)c2ccccc2)[C@@H](O)[C@H](C)C1N=[N+]=[N-]. The molecule has 0 saturated carbocycles. The highest BCUT2D eigenvalue weighted by Crippen LogP contribution is 2.30. The van der Waals surface area contributed by atoms with Crippen LogP contribution < -0.4 is 0 Å². The van der Waals surface area contributed by atoms with E-state index in [1.165, 1.54) is 14.2 Å². The van der Waals surface area contributed by atoms with Gasteiger partial charge in [-0.2, -0.15) is 0 Å². The lowest BCUT2D eigenvalue weighted by Crippen LogP contribution is -2.54. The maximum absolute atomic E-state index is 11.9. The van der Waals surface area contributed by atoms with E-state index in [4.69, 9.17) is 39.9 Å². The molecule has 2 heterocycles. The van der Waals surface area contributed by atoms with Gasteiger partial charge in [0.1, 0.15) is 18.8 Å². The first kappa shape index (κ1) is 31.2. The summed E-state index contributed by atoms with van der Waals surface area (Å²) >= 11 is 0. The van der Waals surface area contributed by atoms with Gasteiger partial charge in [-0.3, -0.25) is 0 Å². The van der Waals surface area contributed by atoms with Crippen molar-refractivity contribution in [1.29, 1.82) is 0 Å². The van der Waals surface area contributed by atoms with E-state index < -0.39 is 61.0 Å². The molecule has 2 saturated heterocycles. The summed E-state index contributed by atoms with van der Waals surface area (Å²) in [6, 6.07) is 7.30. The van der Waals surface area contributed by atoms with E-state index in [1.54, 1.807) is 44.2 Å². The summed E-state index contributed by atoms with van der Waals surface area (Å²) in [6.07, 6.45) is -4.79. The number of esters is 1.